The molecule has 0 aromatic rings. The van der Waals surface area contributed by atoms with Crippen LogP contribution >= 0.6 is 0 Å². The molecule has 2 heterocycles. The summed E-state index contributed by atoms with van der Waals surface area (Å²) in [6.45, 7) is 6.55. The second kappa shape index (κ2) is 6.32. The van der Waals surface area contributed by atoms with Crippen molar-refractivity contribution in [2.75, 3.05) is 39.3 Å². The van der Waals surface area contributed by atoms with E-state index in [0.717, 1.165) is 45.3 Å². The van der Waals surface area contributed by atoms with Gasteiger partial charge in [0.05, 0.1) is 0 Å². The SMILES string of the molecule is CCCC1CCN(S(=O)(=O)N2CCCNCC2)C1. The Morgan fingerprint density at radius 2 is 2.00 bits per heavy atom. The van der Waals surface area contributed by atoms with Crippen LogP contribution in [0.2, 0.25) is 0 Å². The maximum absolute atomic E-state index is 12.5. The standard InChI is InChI=1S/C12H25N3O2S/c1-2-4-12-5-9-15(11-12)18(16,17)14-8-3-6-13-7-10-14/h12-13H,2-11H2,1H3. The smallest absolute Gasteiger partial charge is 0.282 e. The molecule has 0 aromatic heterocycles. The maximum Gasteiger partial charge on any atom is 0.282 e. The van der Waals surface area contributed by atoms with Crippen LogP contribution < -0.4 is 5.32 Å². The first-order valence-corrected chi connectivity index (χ1v) is 8.50. The van der Waals surface area contributed by atoms with E-state index in [-0.39, 0.29) is 0 Å². The molecule has 0 aliphatic carbocycles. The van der Waals surface area contributed by atoms with E-state index >= 15 is 0 Å². The van der Waals surface area contributed by atoms with E-state index in [1.165, 1.54) is 0 Å². The first kappa shape index (κ1) is 14.2. The predicted molar refractivity (Wildman–Crippen MR) is 72.6 cm³/mol. The van der Waals surface area contributed by atoms with Gasteiger partial charge >= 0.3 is 0 Å². The number of nitrogens with one attached hydrogen (secondary N) is 1. The lowest BCUT2D eigenvalue weighted by molar-refractivity contribution is 0.364. The van der Waals surface area contributed by atoms with Crippen molar-refractivity contribution in [1.29, 1.82) is 0 Å². The van der Waals surface area contributed by atoms with Crippen LogP contribution in [-0.4, -0.2) is 56.3 Å². The Labute approximate surface area is 111 Å². The number of nitrogens with zero attached hydrogens (tertiary/aromatic N) is 2. The van der Waals surface area contributed by atoms with Crippen molar-refractivity contribution in [2.45, 2.75) is 32.6 Å². The Morgan fingerprint density at radius 1 is 1.17 bits per heavy atom. The molecule has 2 saturated heterocycles. The van der Waals surface area contributed by atoms with Crippen molar-refractivity contribution in [1.82, 2.24) is 13.9 Å². The lowest BCUT2D eigenvalue weighted by Crippen LogP contribution is -2.44. The molecule has 0 saturated carbocycles. The molecule has 106 valence electrons. The summed E-state index contributed by atoms with van der Waals surface area (Å²) < 4.78 is 28.4. The Balaban J connectivity index is 1.97. The van der Waals surface area contributed by atoms with Crippen molar-refractivity contribution in [3.63, 3.8) is 0 Å². The van der Waals surface area contributed by atoms with Gasteiger partial charge in [0, 0.05) is 32.7 Å². The van der Waals surface area contributed by atoms with Crippen molar-refractivity contribution in [2.24, 2.45) is 5.92 Å². The summed E-state index contributed by atoms with van der Waals surface area (Å²) in [4.78, 5) is 0. The molecule has 2 aliphatic rings. The highest BCUT2D eigenvalue weighted by molar-refractivity contribution is 7.86. The molecule has 2 aliphatic heterocycles. The van der Waals surface area contributed by atoms with E-state index in [4.69, 9.17) is 0 Å². The molecule has 0 aromatic carbocycles. The lowest BCUT2D eigenvalue weighted by Gasteiger charge is -2.26. The highest BCUT2D eigenvalue weighted by atomic mass is 32.2. The first-order chi connectivity index (χ1) is 8.64. The zero-order valence-corrected chi connectivity index (χ0v) is 12.1. The Hall–Kier alpha value is -0.170. The number of rotatable bonds is 4. The molecular formula is C12H25N3O2S. The molecule has 2 rings (SSSR count). The fourth-order valence-electron chi connectivity index (χ4n) is 2.87. The highest BCUT2D eigenvalue weighted by Gasteiger charge is 2.35. The zero-order chi connectivity index (χ0) is 13.0. The third-order valence-corrected chi connectivity index (χ3v) is 5.90. The van der Waals surface area contributed by atoms with Gasteiger partial charge in [-0.1, -0.05) is 13.3 Å². The van der Waals surface area contributed by atoms with Gasteiger partial charge in [0.1, 0.15) is 0 Å². The van der Waals surface area contributed by atoms with Gasteiger partial charge in [-0.3, -0.25) is 0 Å². The Morgan fingerprint density at radius 3 is 2.78 bits per heavy atom. The van der Waals surface area contributed by atoms with Crippen molar-refractivity contribution < 1.29 is 8.42 Å². The van der Waals surface area contributed by atoms with E-state index in [1.54, 1.807) is 8.61 Å². The van der Waals surface area contributed by atoms with Crippen LogP contribution in [0.3, 0.4) is 0 Å². The summed E-state index contributed by atoms with van der Waals surface area (Å²) in [7, 11) is -3.21. The number of hydrogen-bond donors (Lipinski definition) is 1. The molecule has 0 bridgehead atoms. The molecule has 1 atom stereocenters. The molecule has 2 fully saturated rings. The summed E-state index contributed by atoms with van der Waals surface area (Å²) in [6, 6.07) is 0. The van der Waals surface area contributed by atoms with Gasteiger partial charge in [-0.15, -0.1) is 0 Å². The van der Waals surface area contributed by atoms with Crippen molar-refractivity contribution in [3.8, 4) is 0 Å². The van der Waals surface area contributed by atoms with Crippen LogP contribution in [0.15, 0.2) is 0 Å². The molecule has 0 spiro atoms. The summed E-state index contributed by atoms with van der Waals surface area (Å²) in [5, 5.41) is 3.24. The van der Waals surface area contributed by atoms with Crippen LogP contribution in [0.5, 0.6) is 0 Å². The van der Waals surface area contributed by atoms with Crippen LogP contribution in [-0.2, 0) is 10.2 Å². The van der Waals surface area contributed by atoms with Gasteiger partial charge in [-0.25, -0.2) is 0 Å². The van der Waals surface area contributed by atoms with Crippen molar-refractivity contribution in [3.05, 3.63) is 0 Å². The summed E-state index contributed by atoms with van der Waals surface area (Å²) in [6.07, 6.45) is 4.23. The summed E-state index contributed by atoms with van der Waals surface area (Å²) >= 11 is 0. The van der Waals surface area contributed by atoms with Gasteiger partial charge in [0.2, 0.25) is 0 Å². The molecule has 6 heteroatoms. The normalized spacial score (nSPS) is 28.4. The zero-order valence-electron chi connectivity index (χ0n) is 11.3. The van der Waals surface area contributed by atoms with Crippen LogP contribution in [0, 0.1) is 5.92 Å². The molecule has 18 heavy (non-hydrogen) atoms. The average Bonchev–Trinajstić information content (AvgIpc) is 2.65. The van der Waals surface area contributed by atoms with Gasteiger partial charge in [-0.2, -0.15) is 17.0 Å². The minimum atomic E-state index is -3.21. The van der Waals surface area contributed by atoms with Crippen LogP contribution in [0.1, 0.15) is 32.6 Å². The second-order valence-electron chi connectivity index (χ2n) is 5.31. The van der Waals surface area contributed by atoms with E-state index in [1.807, 2.05) is 0 Å². The fraction of sp³-hybridized carbons (Fsp3) is 1.00. The monoisotopic (exact) mass is 275 g/mol. The predicted octanol–water partition coefficient (Wildman–Crippen LogP) is 0.649. The van der Waals surface area contributed by atoms with Gasteiger partial charge in [0.15, 0.2) is 0 Å². The summed E-state index contributed by atoms with van der Waals surface area (Å²) in [5.41, 5.74) is 0. The minimum Gasteiger partial charge on any atom is -0.315 e. The van der Waals surface area contributed by atoms with Crippen LogP contribution in [0.25, 0.3) is 0 Å². The molecule has 5 nitrogen and oxygen atoms in total. The minimum absolute atomic E-state index is 0.565. The Kier molecular flexibility index (Phi) is 5.00. The lowest BCUT2D eigenvalue weighted by atomic mass is 10.0. The molecule has 1 N–H and O–H groups in total. The second-order valence-corrected chi connectivity index (χ2v) is 7.24. The summed E-state index contributed by atoms with van der Waals surface area (Å²) in [5.74, 6) is 0.565. The molecule has 0 amide bonds. The van der Waals surface area contributed by atoms with E-state index in [0.29, 0.717) is 25.6 Å². The third kappa shape index (κ3) is 3.23. The number of hydrogen-bond acceptors (Lipinski definition) is 3. The largest absolute Gasteiger partial charge is 0.315 e. The van der Waals surface area contributed by atoms with Crippen molar-refractivity contribution >= 4 is 10.2 Å². The molecule has 1 unspecified atom stereocenters. The van der Waals surface area contributed by atoms with E-state index in [2.05, 4.69) is 12.2 Å². The van der Waals surface area contributed by atoms with E-state index < -0.39 is 10.2 Å². The van der Waals surface area contributed by atoms with Crippen LogP contribution in [0.4, 0.5) is 0 Å². The Bertz CT molecular complexity index is 350. The van der Waals surface area contributed by atoms with Gasteiger partial charge < -0.3 is 5.32 Å². The quantitative estimate of drug-likeness (QED) is 0.819. The van der Waals surface area contributed by atoms with Gasteiger partial charge in [-0.05, 0) is 31.7 Å². The van der Waals surface area contributed by atoms with Gasteiger partial charge in [0.25, 0.3) is 10.2 Å². The topological polar surface area (TPSA) is 52.7 Å². The molecular weight excluding hydrogens is 250 g/mol. The first-order valence-electron chi connectivity index (χ1n) is 7.10. The maximum atomic E-state index is 12.5. The molecule has 0 radical (unpaired) electrons. The fourth-order valence-corrected chi connectivity index (χ4v) is 4.61. The average molecular weight is 275 g/mol. The van der Waals surface area contributed by atoms with E-state index in [9.17, 15) is 8.42 Å². The third-order valence-electron chi connectivity index (χ3n) is 3.90. The highest BCUT2D eigenvalue weighted by Crippen LogP contribution is 2.25.